The molecule has 4 nitrogen and oxygen atoms in total. The van der Waals surface area contributed by atoms with E-state index in [2.05, 4.69) is 0 Å². The summed E-state index contributed by atoms with van der Waals surface area (Å²) in [6.07, 6.45) is 0.199. The highest BCUT2D eigenvalue weighted by atomic mass is 35.5. The van der Waals surface area contributed by atoms with Crippen molar-refractivity contribution in [2.75, 3.05) is 6.61 Å². The normalized spacial score (nSPS) is 10.1. The van der Waals surface area contributed by atoms with E-state index < -0.39 is 0 Å². The van der Waals surface area contributed by atoms with Crippen LogP contribution in [0.25, 0.3) is 0 Å². The van der Waals surface area contributed by atoms with Crippen LogP contribution in [0.2, 0.25) is 4.34 Å². The summed E-state index contributed by atoms with van der Waals surface area (Å²) in [6.45, 7) is 2.43. The number of nitrogens with zero attached hydrogens (tertiary/aromatic N) is 1. The van der Waals surface area contributed by atoms with E-state index in [9.17, 15) is 9.59 Å². The predicted molar refractivity (Wildman–Crippen MR) is 54.8 cm³/mol. The van der Waals surface area contributed by atoms with E-state index in [0.29, 0.717) is 17.5 Å². The maximum Gasteiger partial charge on any atom is 0.307 e. The Morgan fingerprint density at radius 3 is 2.93 bits per heavy atom. The van der Waals surface area contributed by atoms with Gasteiger partial charge in [-0.1, -0.05) is 11.6 Å². The molecule has 1 rings (SSSR count). The maximum atomic E-state index is 11.1. The lowest BCUT2D eigenvalue weighted by Gasteiger charge is -2.00. The number of aryl methyl sites for hydroxylation is 1. The van der Waals surface area contributed by atoms with E-state index in [1.807, 2.05) is 0 Å². The van der Waals surface area contributed by atoms with Gasteiger partial charge in [-0.3, -0.25) is 13.5 Å². The monoisotopic (exact) mass is 235 g/mol. The summed E-state index contributed by atoms with van der Waals surface area (Å²) in [5.74, 6) is -0.302. The van der Waals surface area contributed by atoms with Crippen LogP contribution in [-0.4, -0.2) is 16.5 Å². The molecule has 0 amide bonds. The van der Waals surface area contributed by atoms with Gasteiger partial charge in [-0.2, -0.15) is 0 Å². The van der Waals surface area contributed by atoms with Gasteiger partial charge in [-0.15, -0.1) is 0 Å². The molecule has 0 spiro atoms. The molecule has 0 bridgehead atoms. The quantitative estimate of drug-likeness (QED) is 0.744. The zero-order valence-electron chi connectivity index (χ0n) is 7.66. The van der Waals surface area contributed by atoms with Gasteiger partial charge in [0.25, 0.3) is 5.56 Å². The fourth-order valence-corrected chi connectivity index (χ4v) is 1.96. The highest BCUT2D eigenvalue weighted by molar-refractivity contribution is 7.11. The van der Waals surface area contributed by atoms with Crippen molar-refractivity contribution in [3.05, 3.63) is 20.8 Å². The number of aromatic nitrogens is 1. The molecule has 0 aliphatic rings. The molecule has 14 heavy (non-hydrogen) atoms. The Labute approximate surface area is 90.2 Å². The van der Waals surface area contributed by atoms with Gasteiger partial charge in [0.05, 0.1) is 13.0 Å². The van der Waals surface area contributed by atoms with Crippen LogP contribution in [-0.2, 0) is 16.1 Å². The van der Waals surface area contributed by atoms with Gasteiger partial charge in [0.15, 0.2) is 0 Å². The second-order valence-electron chi connectivity index (χ2n) is 2.54. The molecule has 0 fully saturated rings. The van der Waals surface area contributed by atoms with Crippen LogP contribution in [0.15, 0.2) is 10.9 Å². The zero-order valence-corrected chi connectivity index (χ0v) is 9.23. The van der Waals surface area contributed by atoms with Crippen molar-refractivity contribution < 1.29 is 9.53 Å². The van der Waals surface area contributed by atoms with Gasteiger partial charge in [0, 0.05) is 12.6 Å². The molecule has 78 valence electrons. The largest absolute Gasteiger partial charge is 0.466 e. The van der Waals surface area contributed by atoms with E-state index >= 15 is 0 Å². The van der Waals surface area contributed by atoms with Crippen LogP contribution in [0.1, 0.15) is 13.3 Å². The molecule has 0 aliphatic carbocycles. The van der Waals surface area contributed by atoms with Crippen molar-refractivity contribution in [3.8, 4) is 0 Å². The third kappa shape index (κ3) is 3.16. The second kappa shape index (κ2) is 5.17. The van der Waals surface area contributed by atoms with Crippen LogP contribution in [0.5, 0.6) is 0 Å². The molecule has 0 saturated carbocycles. The Balaban J connectivity index is 2.49. The van der Waals surface area contributed by atoms with E-state index in [4.69, 9.17) is 16.3 Å². The first kappa shape index (κ1) is 11.3. The Kier molecular flexibility index (Phi) is 4.16. The van der Waals surface area contributed by atoms with Gasteiger partial charge in [0.1, 0.15) is 4.34 Å². The molecule has 0 aromatic carbocycles. The van der Waals surface area contributed by atoms with Crippen molar-refractivity contribution in [1.82, 2.24) is 3.96 Å². The zero-order chi connectivity index (χ0) is 10.6. The highest BCUT2D eigenvalue weighted by Gasteiger charge is 2.05. The molecule has 0 radical (unpaired) electrons. The van der Waals surface area contributed by atoms with Crippen LogP contribution >= 0.6 is 23.1 Å². The number of carbonyl (C=O) groups is 1. The highest BCUT2D eigenvalue weighted by Crippen LogP contribution is 2.12. The van der Waals surface area contributed by atoms with Crippen molar-refractivity contribution in [2.24, 2.45) is 0 Å². The maximum absolute atomic E-state index is 11.1. The van der Waals surface area contributed by atoms with E-state index in [1.54, 1.807) is 6.92 Å². The lowest BCUT2D eigenvalue weighted by atomic mass is 10.4. The molecule has 0 aliphatic heterocycles. The second-order valence-corrected chi connectivity index (χ2v) is 4.23. The van der Waals surface area contributed by atoms with Crippen LogP contribution in [0, 0.1) is 0 Å². The summed E-state index contributed by atoms with van der Waals surface area (Å²) in [7, 11) is 0. The number of carbonyl (C=O) groups excluding carboxylic acids is 1. The van der Waals surface area contributed by atoms with Gasteiger partial charge in [0.2, 0.25) is 0 Å². The summed E-state index contributed by atoms with van der Waals surface area (Å²) >= 11 is 6.76. The molecular formula is C8H10ClNO3S. The van der Waals surface area contributed by atoms with E-state index in [0.717, 1.165) is 11.5 Å². The first-order valence-electron chi connectivity index (χ1n) is 4.15. The fraction of sp³-hybridized carbons (Fsp3) is 0.500. The summed E-state index contributed by atoms with van der Waals surface area (Å²) in [5.41, 5.74) is -0.177. The molecule has 1 heterocycles. The topological polar surface area (TPSA) is 48.3 Å². The van der Waals surface area contributed by atoms with Crippen molar-refractivity contribution in [3.63, 3.8) is 0 Å². The minimum Gasteiger partial charge on any atom is -0.466 e. The molecule has 0 saturated heterocycles. The van der Waals surface area contributed by atoms with Gasteiger partial charge in [-0.05, 0) is 18.5 Å². The Hall–Kier alpha value is -0.810. The molecular weight excluding hydrogens is 226 g/mol. The molecule has 1 aromatic heterocycles. The van der Waals surface area contributed by atoms with Crippen molar-refractivity contribution in [1.29, 1.82) is 0 Å². The Morgan fingerprint density at radius 1 is 1.71 bits per heavy atom. The van der Waals surface area contributed by atoms with E-state index in [1.165, 1.54) is 10.0 Å². The number of hydrogen-bond acceptors (Lipinski definition) is 4. The van der Waals surface area contributed by atoms with Gasteiger partial charge >= 0.3 is 5.97 Å². The summed E-state index contributed by atoms with van der Waals surface area (Å²) < 4.78 is 6.59. The number of halogens is 1. The SMILES string of the molecule is CCOC(=O)CCn1sc(Cl)cc1=O. The minimum atomic E-state index is -0.302. The molecule has 6 heteroatoms. The van der Waals surface area contributed by atoms with E-state index in [-0.39, 0.29) is 17.9 Å². The van der Waals surface area contributed by atoms with Crippen LogP contribution in [0.3, 0.4) is 0 Å². The first-order valence-corrected chi connectivity index (χ1v) is 5.31. The average Bonchev–Trinajstić information content (AvgIpc) is 2.42. The standard InChI is InChI=1S/C8H10ClNO3S/c1-2-13-8(12)3-4-10-7(11)5-6(9)14-10/h5H,2-4H2,1H3. The Morgan fingerprint density at radius 2 is 2.43 bits per heavy atom. The van der Waals surface area contributed by atoms with Crippen molar-refractivity contribution >= 4 is 29.1 Å². The smallest absolute Gasteiger partial charge is 0.307 e. The number of rotatable bonds is 4. The fourth-order valence-electron chi connectivity index (χ4n) is 0.928. The number of hydrogen-bond donors (Lipinski definition) is 0. The minimum absolute atomic E-state index is 0.177. The molecule has 0 unspecified atom stereocenters. The first-order chi connectivity index (χ1) is 6.63. The third-order valence-corrected chi connectivity index (χ3v) is 2.70. The van der Waals surface area contributed by atoms with Gasteiger partial charge in [-0.25, -0.2) is 0 Å². The summed E-state index contributed by atoms with van der Waals surface area (Å²) in [5, 5.41) is 0. The van der Waals surface area contributed by atoms with Crippen LogP contribution < -0.4 is 5.56 Å². The third-order valence-electron chi connectivity index (χ3n) is 1.50. The molecule has 0 atom stereocenters. The molecule has 1 aromatic rings. The van der Waals surface area contributed by atoms with Gasteiger partial charge < -0.3 is 4.74 Å². The van der Waals surface area contributed by atoms with Crippen molar-refractivity contribution in [2.45, 2.75) is 19.9 Å². The Bertz CT molecular complexity index is 371. The summed E-state index contributed by atoms with van der Waals surface area (Å²) in [4.78, 5) is 22.1. The predicted octanol–water partition coefficient (Wildman–Crippen LogP) is 1.52. The number of esters is 1. The molecule has 0 N–H and O–H groups in total. The van der Waals surface area contributed by atoms with Crippen LogP contribution in [0.4, 0.5) is 0 Å². The lowest BCUT2D eigenvalue weighted by Crippen LogP contribution is -2.15. The number of ether oxygens (including phenoxy) is 1. The lowest BCUT2D eigenvalue weighted by molar-refractivity contribution is -0.143. The summed E-state index contributed by atoms with van der Waals surface area (Å²) in [6, 6.07) is 1.33. The average molecular weight is 236 g/mol.